The van der Waals surface area contributed by atoms with Crippen LogP contribution in [0.1, 0.15) is 20.9 Å². The van der Waals surface area contributed by atoms with Crippen molar-refractivity contribution in [2.24, 2.45) is 0 Å². The number of amides is 1. The van der Waals surface area contributed by atoms with Gasteiger partial charge in [-0.25, -0.2) is 9.37 Å². The first-order valence-electron chi connectivity index (χ1n) is 5.69. The summed E-state index contributed by atoms with van der Waals surface area (Å²) in [6.07, 6.45) is 0. The summed E-state index contributed by atoms with van der Waals surface area (Å²) >= 11 is 1.14. The van der Waals surface area contributed by atoms with Crippen molar-refractivity contribution in [1.29, 1.82) is 0 Å². The van der Waals surface area contributed by atoms with Gasteiger partial charge in [-0.2, -0.15) is 4.39 Å². The van der Waals surface area contributed by atoms with E-state index in [1.807, 2.05) is 0 Å². The second-order valence-electron chi connectivity index (χ2n) is 4.13. The first-order chi connectivity index (χ1) is 9.81. The van der Waals surface area contributed by atoms with Crippen LogP contribution in [0.15, 0.2) is 12.1 Å². The summed E-state index contributed by atoms with van der Waals surface area (Å²) in [5.41, 5.74) is -1.29. The molecule has 6 nitrogen and oxygen atoms in total. The molecule has 1 aromatic carbocycles. The number of nitrogens with one attached hydrogen (secondary N) is 1. The van der Waals surface area contributed by atoms with Crippen molar-refractivity contribution in [3.05, 3.63) is 50.0 Å². The molecule has 0 aliphatic heterocycles. The molecule has 9 heteroatoms. The molecular weight excluding hydrogens is 304 g/mol. The van der Waals surface area contributed by atoms with Crippen molar-refractivity contribution in [1.82, 2.24) is 4.98 Å². The third-order valence-corrected chi connectivity index (χ3v) is 3.73. The minimum atomic E-state index is -1.51. The predicted molar refractivity (Wildman–Crippen MR) is 72.6 cm³/mol. The van der Waals surface area contributed by atoms with Gasteiger partial charge in [-0.15, -0.1) is 11.3 Å². The molecular formula is C12H9F2N3O3S. The Morgan fingerprint density at radius 2 is 2.05 bits per heavy atom. The fourth-order valence-electron chi connectivity index (χ4n) is 1.58. The number of carbonyl (C=O) groups excluding carboxylic acids is 1. The number of halogens is 2. The molecule has 110 valence electrons. The topological polar surface area (TPSA) is 85.1 Å². The molecule has 2 rings (SSSR count). The lowest BCUT2D eigenvalue weighted by Gasteiger charge is -2.05. The summed E-state index contributed by atoms with van der Waals surface area (Å²) in [6, 6.07) is 1.34. The van der Waals surface area contributed by atoms with Crippen molar-refractivity contribution in [2.45, 2.75) is 13.8 Å². The highest BCUT2D eigenvalue weighted by atomic mass is 32.1. The molecule has 21 heavy (non-hydrogen) atoms. The van der Waals surface area contributed by atoms with Crippen LogP contribution >= 0.6 is 11.3 Å². The Kier molecular flexibility index (Phi) is 3.94. The average Bonchev–Trinajstić information content (AvgIpc) is 2.67. The second kappa shape index (κ2) is 5.52. The smallest absolute Gasteiger partial charge is 0.298 e. The molecule has 0 fully saturated rings. The third kappa shape index (κ3) is 2.87. The summed E-state index contributed by atoms with van der Waals surface area (Å²) in [5, 5.41) is 13.0. The number of hydrogen-bond donors (Lipinski definition) is 1. The number of thiazole rings is 1. The molecule has 1 N–H and O–H groups in total. The first kappa shape index (κ1) is 15.0. The molecule has 0 saturated heterocycles. The van der Waals surface area contributed by atoms with E-state index in [-0.39, 0.29) is 5.13 Å². The lowest BCUT2D eigenvalue weighted by atomic mass is 10.1. The summed E-state index contributed by atoms with van der Waals surface area (Å²) < 4.78 is 27.5. The van der Waals surface area contributed by atoms with Crippen molar-refractivity contribution in [3.8, 4) is 0 Å². The summed E-state index contributed by atoms with van der Waals surface area (Å²) in [7, 11) is 0. The third-order valence-electron chi connectivity index (χ3n) is 2.74. The van der Waals surface area contributed by atoms with E-state index in [1.165, 1.54) is 0 Å². The second-order valence-corrected chi connectivity index (χ2v) is 5.33. The van der Waals surface area contributed by atoms with Gasteiger partial charge >= 0.3 is 5.69 Å². The monoisotopic (exact) mass is 313 g/mol. The molecule has 0 atom stereocenters. The van der Waals surface area contributed by atoms with Crippen LogP contribution in [-0.4, -0.2) is 15.8 Å². The maximum atomic E-state index is 13.9. The van der Waals surface area contributed by atoms with Gasteiger partial charge in [-0.1, -0.05) is 0 Å². The number of nitro benzene ring substituents is 1. The highest BCUT2D eigenvalue weighted by Crippen LogP contribution is 2.26. The normalized spacial score (nSPS) is 10.5. The average molecular weight is 313 g/mol. The molecule has 0 radical (unpaired) electrons. The largest absolute Gasteiger partial charge is 0.305 e. The van der Waals surface area contributed by atoms with Gasteiger partial charge in [0.15, 0.2) is 5.13 Å². The van der Waals surface area contributed by atoms with E-state index >= 15 is 0 Å². The van der Waals surface area contributed by atoms with Crippen molar-refractivity contribution >= 4 is 28.1 Å². The Hall–Kier alpha value is -2.42. The van der Waals surface area contributed by atoms with Crippen LogP contribution < -0.4 is 5.32 Å². The molecule has 1 amide bonds. The quantitative estimate of drug-likeness (QED) is 0.696. The van der Waals surface area contributed by atoms with Gasteiger partial charge in [0, 0.05) is 10.9 Å². The number of aryl methyl sites for hydroxylation is 2. The number of nitro groups is 1. The highest BCUT2D eigenvalue weighted by Gasteiger charge is 2.26. The number of hydrogen-bond acceptors (Lipinski definition) is 5. The predicted octanol–water partition coefficient (Wildman–Crippen LogP) is 3.20. The van der Waals surface area contributed by atoms with E-state index in [0.717, 1.165) is 16.2 Å². The fraction of sp³-hybridized carbons (Fsp3) is 0.167. The van der Waals surface area contributed by atoms with E-state index < -0.39 is 33.7 Å². The van der Waals surface area contributed by atoms with Crippen molar-refractivity contribution in [3.63, 3.8) is 0 Å². The van der Waals surface area contributed by atoms with Gasteiger partial charge in [0.05, 0.1) is 10.6 Å². The minimum absolute atomic E-state index is 0.167. The van der Waals surface area contributed by atoms with E-state index in [1.54, 1.807) is 13.8 Å². The first-order valence-corrected chi connectivity index (χ1v) is 6.50. The zero-order valence-corrected chi connectivity index (χ0v) is 11.8. The molecule has 2 aromatic rings. The van der Waals surface area contributed by atoms with Crippen LogP contribution in [0.2, 0.25) is 0 Å². The molecule has 1 aromatic heterocycles. The molecule has 0 aliphatic rings. The van der Waals surface area contributed by atoms with E-state index in [0.29, 0.717) is 17.8 Å². The van der Waals surface area contributed by atoms with Gasteiger partial charge in [-0.3, -0.25) is 20.2 Å². The van der Waals surface area contributed by atoms with Crippen LogP contribution in [-0.2, 0) is 0 Å². The van der Waals surface area contributed by atoms with Gasteiger partial charge in [0.2, 0.25) is 5.82 Å². The Balaban J connectivity index is 2.39. The SMILES string of the molecule is Cc1nc(NC(=O)c2c(F)ccc([N+](=O)[O-])c2F)sc1C. The Bertz CT molecular complexity index is 726. The number of aromatic nitrogens is 1. The molecule has 0 saturated carbocycles. The Morgan fingerprint density at radius 3 is 2.57 bits per heavy atom. The summed E-state index contributed by atoms with van der Waals surface area (Å²) in [5.74, 6) is -3.81. The van der Waals surface area contributed by atoms with E-state index in [2.05, 4.69) is 10.3 Å². The van der Waals surface area contributed by atoms with Gasteiger partial charge in [0.25, 0.3) is 5.91 Å². The van der Waals surface area contributed by atoms with Crippen molar-refractivity contribution < 1.29 is 18.5 Å². The number of rotatable bonds is 3. The van der Waals surface area contributed by atoms with Crippen molar-refractivity contribution in [2.75, 3.05) is 5.32 Å². The van der Waals surface area contributed by atoms with E-state index in [4.69, 9.17) is 0 Å². The maximum absolute atomic E-state index is 13.9. The number of anilines is 1. The Morgan fingerprint density at radius 1 is 1.38 bits per heavy atom. The zero-order valence-electron chi connectivity index (χ0n) is 10.9. The summed E-state index contributed by atoms with van der Waals surface area (Å²) in [6.45, 7) is 3.49. The maximum Gasteiger partial charge on any atom is 0.305 e. The van der Waals surface area contributed by atoms with Gasteiger partial charge < -0.3 is 0 Å². The molecule has 0 unspecified atom stereocenters. The lowest BCUT2D eigenvalue weighted by Crippen LogP contribution is -2.16. The standard InChI is InChI=1S/C12H9F2N3O3S/c1-5-6(2)21-12(15-5)16-11(18)9-7(13)3-4-8(10(9)14)17(19)20/h3-4H,1-2H3,(H,15,16,18). The van der Waals surface area contributed by atoms with Crippen LogP contribution in [0.5, 0.6) is 0 Å². The lowest BCUT2D eigenvalue weighted by molar-refractivity contribution is -0.387. The fourth-order valence-corrected chi connectivity index (χ4v) is 2.39. The molecule has 1 heterocycles. The number of nitrogens with zero attached hydrogens (tertiary/aromatic N) is 2. The van der Waals surface area contributed by atoms with Crippen LogP contribution in [0, 0.1) is 35.6 Å². The Labute approximate surface area is 121 Å². The van der Waals surface area contributed by atoms with Crippen LogP contribution in [0.3, 0.4) is 0 Å². The van der Waals surface area contributed by atoms with Crippen LogP contribution in [0.25, 0.3) is 0 Å². The van der Waals surface area contributed by atoms with Gasteiger partial charge in [-0.05, 0) is 19.9 Å². The van der Waals surface area contributed by atoms with Gasteiger partial charge in [0.1, 0.15) is 11.4 Å². The molecule has 0 aliphatic carbocycles. The summed E-state index contributed by atoms with van der Waals surface area (Å²) in [4.78, 5) is 26.3. The van der Waals surface area contributed by atoms with E-state index in [9.17, 15) is 23.7 Å². The number of carbonyl (C=O) groups is 1. The van der Waals surface area contributed by atoms with Crippen LogP contribution in [0.4, 0.5) is 19.6 Å². The highest BCUT2D eigenvalue weighted by molar-refractivity contribution is 7.15. The molecule has 0 bridgehead atoms. The zero-order chi connectivity index (χ0) is 15.7. The molecule has 0 spiro atoms. The number of benzene rings is 1. The minimum Gasteiger partial charge on any atom is -0.298 e.